The Balaban J connectivity index is 1.47. The van der Waals surface area contributed by atoms with Crippen LogP contribution in [0, 0.1) is 13.8 Å². The van der Waals surface area contributed by atoms with Gasteiger partial charge in [-0.05, 0) is 61.4 Å². The first-order valence-electron chi connectivity index (χ1n) is 9.83. The van der Waals surface area contributed by atoms with Gasteiger partial charge in [0.2, 0.25) is 0 Å². The van der Waals surface area contributed by atoms with Crippen molar-refractivity contribution in [1.82, 2.24) is 9.38 Å². The van der Waals surface area contributed by atoms with Gasteiger partial charge in [-0.2, -0.15) is 0 Å². The van der Waals surface area contributed by atoms with Gasteiger partial charge >= 0.3 is 6.03 Å². The summed E-state index contributed by atoms with van der Waals surface area (Å²) < 4.78 is 1.51. The van der Waals surface area contributed by atoms with Crippen LogP contribution in [0.5, 0.6) is 0 Å². The summed E-state index contributed by atoms with van der Waals surface area (Å²) in [6.45, 7) is 3.99. The molecular weight excluding hydrogens is 408 g/mol. The fourth-order valence-electron chi connectivity index (χ4n) is 3.36. The van der Waals surface area contributed by atoms with Crippen molar-refractivity contribution >= 4 is 34.8 Å². The second-order valence-corrected chi connectivity index (χ2v) is 8.27. The molecule has 0 radical (unpaired) electrons. The topological polar surface area (TPSA) is 75.5 Å². The first-order valence-corrected chi connectivity index (χ1v) is 10.8. The molecule has 0 atom stereocenters. The average Bonchev–Trinajstić information content (AvgIpc) is 2.72. The lowest BCUT2D eigenvalue weighted by molar-refractivity contribution is 0.262. The highest BCUT2D eigenvalue weighted by Gasteiger charge is 2.09. The maximum Gasteiger partial charge on any atom is 0.323 e. The molecule has 2 N–H and O–H groups in total. The lowest BCUT2D eigenvalue weighted by atomic mass is 10.1. The van der Waals surface area contributed by atoms with Crippen LogP contribution in [-0.4, -0.2) is 15.4 Å². The molecule has 0 bridgehead atoms. The van der Waals surface area contributed by atoms with Gasteiger partial charge in [0.05, 0.1) is 11.4 Å². The highest BCUT2D eigenvalue weighted by atomic mass is 32.2. The van der Waals surface area contributed by atoms with Crippen molar-refractivity contribution in [3.8, 4) is 0 Å². The molecule has 6 nitrogen and oxygen atoms in total. The van der Waals surface area contributed by atoms with E-state index in [1.165, 1.54) is 16.2 Å². The number of rotatable bonds is 5. The van der Waals surface area contributed by atoms with E-state index >= 15 is 0 Å². The summed E-state index contributed by atoms with van der Waals surface area (Å²) in [6, 6.07) is 20.2. The van der Waals surface area contributed by atoms with Crippen molar-refractivity contribution in [3.05, 3.63) is 100 Å². The highest BCUT2D eigenvalue weighted by Crippen LogP contribution is 2.29. The first kappa shape index (κ1) is 20.7. The molecule has 0 aliphatic carbocycles. The zero-order chi connectivity index (χ0) is 21.8. The standard InChI is InChI=1S/C24H22N4O2S/c1-16-11-17(2)13-18(12-16)26-24(30)27-20-7-3-4-8-21(20)31-15-19-14-23(29)28-10-6-5-9-22(28)25-19/h3-14H,15H2,1-2H3,(H2,26,27,30). The number of hydrogen-bond acceptors (Lipinski definition) is 4. The zero-order valence-electron chi connectivity index (χ0n) is 17.3. The Morgan fingerprint density at radius 3 is 2.52 bits per heavy atom. The number of nitrogens with one attached hydrogen (secondary N) is 2. The second-order valence-electron chi connectivity index (χ2n) is 7.25. The summed E-state index contributed by atoms with van der Waals surface area (Å²) in [6.07, 6.45) is 1.70. The second kappa shape index (κ2) is 9.06. The minimum Gasteiger partial charge on any atom is -0.308 e. The minimum absolute atomic E-state index is 0.111. The minimum atomic E-state index is -0.305. The maximum absolute atomic E-state index is 12.5. The highest BCUT2D eigenvalue weighted by molar-refractivity contribution is 7.98. The van der Waals surface area contributed by atoms with Gasteiger partial charge in [0.15, 0.2) is 0 Å². The number of thioether (sulfide) groups is 1. The van der Waals surface area contributed by atoms with E-state index in [1.54, 1.807) is 18.3 Å². The van der Waals surface area contributed by atoms with E-state index in [1.807, 2.05) is 62.4 Å². The number of aryl methyl sites for hydroxylation is 2. The molecule has 0 saturated carbocycles. The van der Waals surface area contributed by atoms with Gasteiger partial charge in [0, 0.05) is 28.6 Å². The molecule has 0 spiro atoms. The van der Waals surface area contributed by atoms with Gasteiger partial charge < -0.3 is 10.6 Å². The number of nitrogens with zero attached hydrogens (tertiary/aromatic N) is 2. The molecule has 4 rings (SSSR count). The lowest BCUT2D eigenvalue weighted by Gasteiger charge is -2.12. The van der Waals surface area contributed by atoms with Gasteiger partial charge in [0.25, 0.3) is 5.56 Å². The molecule has 156 valence electrons. The van der Waals surface area contributed by atoms with Crippen molar-refractivity contribution in [3.63, 3.8) is 0 Å². The van der Waals surface area contributed by atoms with Crippen LogP contribution in [0.2, 0.25) is 0 Å². The van der Waals surface area contributed by atoms with Crippen molar-refractivity contribution in [2.45, 2.75) is 24.5 Å². The molecule has 0 fully saturated rings. The van der Waals surface area contributed by atoms with Gasteiger partial charge in [-0.15, -0.1) is 11.8 Å². The quantitative estimate of drug-likeness (QED) is 0.424. The maximum atomic E-state index is 12.5. The number of carbonyl (C=O) groups is 1. The van der Waals surface area contributed by atoms with Gasteiger partial charge in [0.1, 0.15) is 5.65 Å². The predicted molar refractivity (Wildman–Crippen MR) is 126 cm³/mol. The van der Waals surface area contributed by atoms with E-state index in [0.29, 0.717) is 22.8 Å². The largest absolute Gasteiger partial charge is 0.323 e. The fraction of sp³-hybridized carbons (Fsp3) is 0.125. The Labute approximate surface area is 184 Å². The number of pyridine rings is 1. The number of fused-ring (bicyclic) bond motifs is 1. The fourth-order valence-corrected chi connectivity index (χ4v) is 4.26. The van der Waals surface area contributed by atoms with Crippen LogP contribution in [0.3, 0.4) is 0 Å². The number of carbonyl (C=O) groups excluding carboxylic acids is 1. The van der Waals surface area contributed by atoms with E-state index in [-0.39, 0.29) is 11.6 Å². The summed E-state index contributed by atoms with van der Waals surface area (Å²) in [5.74, 6) is 0.512. The molecule has 0 aliphatic heterocycles. The number of hydrogen-bond donors (Lipinski definition) is 2. The average molecular weight is 431 g/mol. The number of urea groups is 1. The molecule has 2 heterocycles. The molecule has 0 unspecified atom stereocenters. The molecule has 7 heteroatoms. The number of para-hydroxylation sites is 1. The Kier molecular flexibility index (Phi) is 6.04. The summed E-state index contributed by atoms with van der Waals surface area (Å²) in [5.41, 5.74) is 4.82. The third kappa shape index (κ3) is 5.13. The van der Waals surface area contributed by atoms with E-state index in [9.17, 15) is 9.59 Å². The molecular formula is C24H22N4O2S. The molecule has 4 aromatic rings. The Bertz CT molecular complexity index is 1300. The predicted octanol–water partition coefficient (Wildman–Crippen LogP) is 5.25. The molecule has 0 saturated heterocycles. The van der Waals surface area contributed by atoms with E-state index in [4.69, 9.17) is 0 Å². The molecule has 31 heavy (non-hydrogen) atoms. The zero-order valence-corrected chi connectivity index (χ0v) is 18.1. The lowest BCUT2D eigenvalue weighted by Crippen LogP contribution is -2.20. The smallest absolute Gasteiger partial charge is 0.308 e. The summed E-state index contributed by atoms with van der Waals surface area (Å²) in [4.78, 5) is 30.3. The van der Waals surface area contributed by atoms with Crippen LogP contribution in [0.4, 0.5) is 16.2 Å². The van der Waals surface area contributed by atoms with Crippen molar-refractivity contribution < 1.29 is 4.79 Å². The third-order valence-corrected chi connectivity index (χ3v) is 5.72. The van der Waals surface area contributed by atoms with E-state index < -0.39 is 0 Å². The third-order valence-electron chi connectivity index (χ3n) is 4.61. The van der Waals surface area contributed by atoms with Crippen LogP contribution in [0.15, 0.2) is 82.6 Å². The SMILES string of the molecule is Cc1cc(C)cc(NC(=O)Nc2ccccc2SCc2cc(=O)n3ccccc3n2)c1. The van der Waals surface area contributed by atoms with E-state index in [2.05, 4.69) is 21.7 Å². The van der Waals surface area contributed by atoms with Crippen molar-refractivity contribution in [2.75, 3.05) is 10.6 Å². The van der Waals surface area contributed by atoms with Crippen LogP contribution in [0.25, 0.3) is 5.65 Å². The Morgan fingerprint density at radius 1 is 0.968 bits per heavy atom. The molecule has 2 aromatic heterocycles. The van der Waals surface area contributed by atoms with Gasteiger partial charge in [-0.3, -0.25) is 9.20 Å². The van der Waals surface area contributed by atoms with Crippen molar-refractivity contribution in [2.24, 2.45) is 0 Å². The number of aromatic nitrogens is 2. The van der Waals surface area contributed by atoms with Gasteiger partial charge in [-0.1, -0.05) is 24.3 Å². The Hall–Kier alpha value is -3.58. The number of anilines is 2. The van der Waals surface area contributed by atoms with Gasteiger partial charge in [-0.25, -0.2) is 9.78 Å². The summed E-state index contributed by atoms with van der Waals surface area (Å²) in [7, 11) is 0. The normalized spacial score (nSPS) is 10.8. The molecule has 2 amide bonds. The van der Waals surface area contributed by atoms with Crippen LogP contribution in [0.1, 0.15) is 16.8 Å². The van der Waals surface area contributed by atoms with Crippen molar-refractivity contribution in [1.29, 1.82) is 0 Å². The first-order chi connectivity index (χ1) is 15.0. The molecule has 0 aliphatic rings. The number of benzene rings is 2. The monoisotopic (exact) mass is 430 g/mol. The van der Waals surface area contributed by atoms with Crippen LogP contribution in [-0.2, 0) is 5.75 Å². The summed E-state index contributed by atoms with van der Waals surface area (Å²) >= 11 is 1.52. The van der Waals surface area contributed by atoms with E-state index in [0.717, 1.165) is 21.7 Å². The number of amides is 2. The van der Waals surface area contributed by atoms with Crippen LogP contribution >= 0.6 is 11.8 Å². The summed E-state index contributed by atoms with van der Waals surface area (Å²) in [5, 5.41) is 5.80. The van der Waals surface area contributed by atoms with Crippen LogP contribution < -0.4 is 16.2 Å². The Morgan fingerprint density at radius 2 is 1.71 bits per heavy atom. The molecule has 2 aromatic carbocycles.